The summed E-state index contributed by atoms with van der Waals surface area (Å²) < 4.78 is 9.74. The van der Waals surface area contributed by atoms with Gasteiger partial charge in [0.05, 0.1) is 4.92 Å². The fourth-order valence-corrected chi connectivity index (χ4v) is 1.20. The highest BCUT2D eigenvalue weighted by molar-refractivity contribution is 5.71. The summed E-state index contributed by atoms with van der Waals surface area (Å²) >= 11 is 0. The van der Waals surface area contributed by atoms with E-state index in [1.165, 1.54) is 0 Å². The van der Waals surface area contributed by atoms with Crippen molar-refractivity contribution in [3.8, 4) is 11.5 Å². The normalized spacial score (nSPS) is 10.5. The lowest BCUT2D eigenvalue weighted by Gasteiger charge is -1.89. The SMILES string of the molecule is Cc1ccc(-c2noc(N)c2[N+](=O)[O-])o1. The molecule has 0 atom stereocenters. The van der Waals surface area contributed by atoms with Crippen LogP contribution in [-0.4, -0.2) is 10.1 Å². The van der Waals surface area contributed by atoms with Gasteiger partial charge in [-0.3, -0.25) is 10.1 Å². The minimum atomic E-state index is -0.654. The number of hydrogen-bond acceptors (Lipinski definition) is 6. The number of nitro groups is 1. The third-order valence-electron chi connectivity index (χ3n) is 1.85. The molecule has 7 heteroatoms. The molecule has 2 heterocycles. The van der Waals surface area contributed by atoms with Crippen molar-refractivity contribution >= 4 is 11.6 Å². The Hall–Kier alpha value is -2.31. The van der Waals surface area contributed by atoms with Gasteiger partial charge in [-0.2, -0.15) is 0 Å². The molecular formula is C8H7N3O4. The van der Waals surface area contributed by atoms with Crippen molar-refractivity contribution in [2.75, 3.05) is 5.73 Å². The summed E-state index contributed by atoms with van der Waals surface area (Å²) in [5.74, 6) is 0.560. The Morgan fingerprint density at radius 2 is 2.27 bits per heavy atom. The van der Waals surface area contributed by atoms with Crippen molar-refractivity contribution in [3.05, 3.63) is 28.0 Å². The van der Waals surface area contributed by atoms with Crippen LogP contribution < -0.4 is 5.73 Å². The van der Waals surface area contributed by atoms with Crippen LogP contribution in [0.5, 0.6) is 0 Å². The van der Waals surface area contributed by atoms with Crippen molar-refractivity contribution in [1.82, 2.24) is 5.16 Å². The number of anilines is 1. The van der Waals surface area contributed by atoms with Gasteiger partial charge in [-0.25, -0.2) is 0 Å². The van der Waals surface area contributed by atoms with Gasteiger partial charge in [-0.15, -0.1) is 0 Å². The van der Waals surface area contributed by atoms with Crippen LogP contribution in [0.25, 0.3) is 11.5 Å². The summed E-state index contributed by atoms with van der Waals surface area (Å²) in [6, 6.07) is 3.24. The highest BCUT2D eigenvalue weighted by Gasteiger charge is 2.28. The first-order chi connectivity index (χ1) is 7.09. The van der Waals surface area contributed by atoms with Gasteiger partial charge in [-0.1, -0.05) is 5.16 Å². The molecule has 0 fully saturated rings. The number of rotatable bonds is 2. The average Bonchev–Trinajstić information content (AvgIpc) is 2.71. The molecule has 0 bridgehead atoms. The van der Waals surface area contributed by atoms with E-state index < -0.39 is 4.92 Å². The molecule has 0 aliphatic heterocycles. The number of furan rings is 1. The Morgan fingerprint density at radius 3 is 2.80 bits per heavy atom. The van der Waals surface area contributed by atoms with Gasteiger partial charge in [0.15, 0.2) is 5.76 Å². The summed E-state index contributed by atoms with van der Waals surface area (Å²) in [6.45, 7) is 1.72. The standard InChI is InChI=1S/C8H7N3O4/c1-4-2-3-5(14-4)6-7(11(12)13)8(9)15-10-6/h2-3H,9H2,1H3. The average molecular weight is 209 g/mol. The van der Waals surface area contributed by atoms with E-state index in [1.807, 2.05) is 0 Å². The quantitative estimate of drug-likeness (QED) is 0.595. The van der Waals surface area contributed by atoms with E-state index in [-0.39, 0.29) is 23.0 Å². The topological polar surface area (TPSA) is 108 Å². The minimum Gasteiger partial charge on any atom is -0.459 e. The lowest BCUT2D eigenvalue weighted by Crippen LogP contribution is -1.93. The first kappa shape index (κ1) is 9.25. The van der Waals surface area contributed by atoms with E-state index in [0.29, 0.717) is 5.76 Å². The molecule has 0 saturated heterocycles. The molecule has 0 radical (unpaired) electrons. The molecule has 7 nitrogen and oxygen atoms in total. The van der Waals surface area contributed by atoms with Crippen LogP contribution in [0.15, 0.2) is 21.1 Å². The zero-order valence-electron chi connectivity index (χ0n) is 7.76. The number of hydrogen-bond donors (Lipinski definition) is 1. The van der Waals surface area contributed by atoms with E-state index in [2.05, 4.69) is 9.68 Å². The fourth-order valence-electron chi connectivity index (χ4n) is 1.20. The fraction of sp³-hybridized carbons (Fsp3) is 0.125. The van der Waals surface area contributed by atoms with Gasteiger partial charge in [0.1, 0.15) is 5.76 Å². The summed E-state index contributed by atoms with van der Waals surface area (Å²) in [6.07, 6.45) is 0. The summed E-state index contributed by atoms with van der Waals surface area (Å²) in [5, 5.41) is 14.2. The molecule has 0 aliphatic carbocycles. The predicted octanol–water partition coefficient (Wildman–Crippen LogP) is 1.73. The van der Waals surface area contributed by atoms with Gasteiger partial charge >= 0.3 is 11.6 Å². The van der Waals surface area contributed by atoms with Gasteiger partial charge < -0.3 is 14.7 Å². The number of aryl methyl sites for hydroxylation is 1. The smallest absolute Gasteiger partial charge is 0.363 e. The number of nitrogens with two attached hydrogens (primary N) is 1. The van der Waals surface area contributed by atoms with E-state index in [1.54, 1.807) is 19.1 Å². The maximum absolute atomic E-state index is 10.7. The van der Waals surface area contributed by atoms with E-state index in [4.69, 9.17) is 10.2 Å². The maximum Gasteiger partial charge on any atom is 0.363 e. The molecule has 2 N–H and O–H groups in total. The van der Waals surface area contributed by atoms with Crippen LogP contribution in [0.2, 0.25) is 0 Å². The van der Waals surface area contributed by atoms with Crippen molar-refractivity contribution in [3.63, 3.8) is 0 Å². The summed E-state index contributed by atoms with van der Waals surface area (Å²) in [4.78, 5) is 10.0. The molecule has 0 saturated carbocycles. The predicted molar refractivity (Wildman–Crippen MR) is 50.0 cm³/mol. The molecule has 15 heavy (non-hydrogen) atoms. The van der Waals surface area contributed by atoms with Crippen LogP contribution in [0.1, 0.15) is 5.76 Å². The Balaban J connectivity index is 2.58. The van der Waals surface area contributed by atoms with Crippen LogP contribution in [0.4, 0.5) is 11.6 Å². The maximum atomic E-state index is 10.7. The number of aromatic nitrogens is 1. The minimum absolute atomic E-state index is 0.00519. The van der Waals surface area contributed by atoms with Crippen molar-refractivity contribution in [1.29, 1.82) is 0 Å². The van der Waals surface area contributed by atoms with Crippen LogP contribution in [0, 0.1) is 17.0 Å². The lowest BCUT2D eigenvalue weighted by atomic mass is 10.3. The molecular weight excluding hydrogens is 202 g/mol. The Bertz CT molecular complexity index is 514. The van der Waals surface area contributed by atoms with E-state index >= 15 is 0 Å². The third kappa shape index (κ3) is 1.43. The molecule has 0 spiro atoms. The summed E-state index contributed by atoms with van der Waals surface area (Å²) in [5.41, 5.74) is 4.91. The van der Waals surface area contributed by atoms with Crippen LogP contribution in [-0.2, 0) is 0 Å². The van der Waals surface area contributed by atoms with Gasteiger partial charge in [0.2, 0.25) is 5.69 Å². The molecule has 2 aromatic heterocycles. The van der Waals surface area contributed by atoms with Crippen molar-refractivity contribution < 1.29 is 13.9 Å². The van der Waals surface area contributed by atoms with Gasteiger partial charge in [0, 0.05) is 0 Å². The molecule has 0 aliphatic rings. The van der Waals surface area contributed by atoms with Crippen LogP contribution >= 0.6 is 0 Å². The molecule has 0 aromatic carbocycles. The zero-order valence-corrected chi connectivity index (χ0v) is 7.76. The van der Waals surface area contributed by atoms with Crippen molar-refractivity contribution in [2.24, 2.45) is 0 Å². The Morgan fingerprint density at radius 1 is 1.53 bits per heavy atom. The second-order valence-electron chi connectivity index (χ2n) is 2.91. The Labute approximate surface area is 83.6 Å². The highest BCUT2D eigenvalue weighted by Crippen LogP contribution is 2.34. The first-order valence-electron chi connectivity index (χ1n) is 4.06. The molecule has 78 valence electrons. The molecule has 2 aromatic rings. The lowest BCUT2D eigenvalue weighted by molar-refractivity contribution is -0.383. The van der Waals surface area contributed by atoms with Crippen molar-refractivity contribution in [2.45, 2.75) is 6.92 Å². The molecule has 2 rings (SSSR count). The van der Waals surface area contributed by atoms with E-state index in [0.717, 1.165) is 0 Å². The monoisotopic (exact) mass is 209 g/mol. The van der Waals surface area contributed by atoms with E-state index in [9.17, 15) is 10.1 Å². The molecule has 0 amide bonds. The second-order valence-corrected chi connectivity index (χ2v) is 2.91. The number of nitrogens with zero attached hydrogens (tertiary/aromatic N) is 2. The van der Waals surface area contributed by atoms with Gasteiger partial charge in [-0.05, 0) is 19.1 Å². The Kier molecular flexibility index (Phi) is 1.93. The first-order valence-corrected chi connectivity index (χ1v) is 4.06. The zero-order chi connectivity index (χ0) is 11.0. The number of nitrogen functional groups attached to an aromatic ring is 1. The third-order valence-corrected chi connectivity index (χ3v) is 1.85. The van der Waals surface area contributed by atoms with Crippen LogP contribution in [0.3, 0.4) is 0 Å². The van der Waals surface area contributed by atoms with Gasteiger partial charge in [0.25, 0.3) is 0 Å². The largest absolute Gasteiger partial charge is 0.459 e. The summed E-state index contributed by atoms with van der Waals surface area (Å²) in [7, 11) is 0. The second kappa shape index (κ2) is 3.12. The molecule has 0 unspecified atom stereocenters. The highest BCUT2D eigenvalue weighted by atomic mass is 16.6.